The monoisotopic (exact) mass is 623 g/mol. The van der Waals surface area contributed by atoms with Crippen LogP contribution < -0.4 is 5.32 Å². The molecule has 3 saturated heterocycles. The molecule has 4 rings (SSSR count). The molecule has 2 N–H and O–H groups in total. The molecule has 3 amide bonds. The minimum Gasteiger partial charge on any atom is -0.463 e. The number of allylic oxidation sites excluding steroid dienone is 1. The zero-order valence-electron chi connectivity index (χ0n) is 26.7. The molecule has 0 radical (unpaired) electrons. The van der Waals surface area contributed by atoms with Crippen molar-refractivity contribution < 1.29 is 33.8 Å². The number of ether oxygens (including phenoxy) is 2. The highest BCUT2D eigenvalue weighted by Crippen LogP contribution is 2.59. The quantitative estimate of drug-likeness (QED) is 0.145. The number of esters is 1. The standard InChI is InChI=1S/C35H49N3O7/c1-5-9-14-21-37(20-7-3)34(43)31-35-19-18-27(45-35)29(30(35)33(42)38(31)25(8-4)22-39)32(41)36-26(24-15-12-11-13-16-24)23-44-28(40)17-10-6-2/h6-7,11-13,15-16,25-27,29-31,39H,2-3,5,8-10,14,17-23H2,1,4H3,(H,36,41)/t25-,26+,27-,29+,30+,31-,35+/m0/s1. The molecule has 3 aliphatic heterocycles. The first-order valence-corrected chi connectivity index (χ1v) is 16.4. The van der Waals surface area contributed by atoms with E-state index in [1.165, 1.54) is 4.90 Å². The zero-order chi connectivity index (χ0) is 32.6. The number of likely N-dealkylation sites (tertiary alicyclic amines) is 1. The fourth-order valence-electron chi connectivity index (χ4n) is 7.29. The van der Waals surface area contributed by atoms with Crippen molar-refractivity contribution in [1.82, 2.24) is 15.1 Å². The number of carbonyl (C=O) groups is 4. The Hall–Kier alpha value is -3.50. The van der Waals surface area contributed by atoms with Gasteiger partial charge in [-0.2, -0.15) is 0 Å². The van der Waals surface area contributed by atoms with E-state index in [9.17, 15) is 24.3 Å². The van der Waals surface area contributed by atoms with Gasteiger partial charge in [-0.15, -0.1) is 13.2 Å². The van der Waals surface area contributed by atoms with Gasteiger partial charge in [-0.25, -0.2) is 0 Å². The molecule has 3 aliphatic rings. The summed E-state index contributed by atoms with van der Waals surface area (Å²) in [7, 11) is 0. The van der Waals surface area contributed by atoms with Crippen molar-refractivity contribution >= 4 is 23.7 Å². The molecule has 0 aliphatic carbocycles. The number of carbonyl (C=O) groups excluding carboxylic acids is 4. The van der Waals surface area contributed by atoms with Crippen LogP contribution in [0.15, 0.2) is 55.6 Å². The molecule has 2 bridgehead atoms. The smallest absolute Gasteiger partial charge is 0.306 e. The van der Waals surface area contributed by atoms with Gasteiger partial charge >= 0.3 is 5.97 Å². The van der Waals surface area contributed by atoms with E-state index in [0.29, 0.717) is 38.8 Å². The topological polar surface area (TPSA) is 125 Å². The molecule has 1 spiro atoms. The average molecular weight is 624 g/mol. The van der Waals surface area contributed by atoms with Crippen LogP contribution in [0, 0.1) is 11.8 Å². The molecule has 0 aromatic heterocycles. The van der Waals surface area contributed by atoms with Crippen molar-refractivity contribution in [2.45, 2.75) is 95.0 Å². The summed E-state index contributed by atoms with van der Waals surface area (Å²) in [6.45, 7) is 11.9. The number of nitrogens with zero attached hydrogens (tertiary/aromatic N) is 2. The molecule has 3 heterocycles. The maximum absolute atomic E-state index is 14.4. The van der Waals surface area contributed by atoms with E-state index in [4.69, 9.17) is 9.47 Å². The molecule has 3 fully saturated rings. The van der Waals surface area contributed by atoms with E-state index in [1.807, 2.05) is 37.3 Å². The van der Waals surface area contributed by atoms with Crippen LogP contribution in [0.4, 0.5) is 0 Å². The summed E-state index contributed by atoms with van der Waals surface area (Å²) in [4.78, 5) is 58.4. The van der Waals surface area contributed by atoms with Crippen molar-refractivity contribution in [3.63, 3.8) is 0 Å². The maximum atomic E-state index is 14.4. The van der Waals surface area contributed by atoms with Gasteiger partial charge in [0.2, 0.25) is 17.7 Å². The first-order chi connectivity index (χ1) is 21.8. The number of nitrogens with one attached hydrogen (secondary N) is 1. The van der Waals surface area contributed by atoms with Crippen LogP contribution in [0.25, 0.3) is 0 Å². The largest absolute Gasteiger partial charge is 0.463 e. The number of fused-ring (bicyclic) bond motifs is 1. The lowest BCUT2D eigenvalue weighted by molar-refractivity contribution is -0.151. The van der Waals surface area contributed by atoms with Gasteiger partial charge in [0.05, 0.1) is 36.6 Å². The van der Waals surface area contributed by atoms with Crippen molar-refractivity contribution in [2.24, 2.45) is 11.8 Å². The molecule has 7 atom stereocenters. The van der Waals surface area contributed by atoms with Gasteiger partial charge < -0.3 is 29.7 Å². The average Bonchev–Trinajstić information content (AvgIpc) is 3.70. The lowest BCUT2D eigenvalue weighted by Gasteiger charge is -2.39. The van der Waals surface area contributed by atoms with E-state index >= 15 is 0 Å². The molecular weight excluding hydrogens is 574 g/mol. The summed E-state index contributed by atoms with van der Waals surface area (Å²) in [5.41, 5.74) is -0.417. The molecule has 1 aromatic carbocycles. The first kappa shape index (κ1) is 34.4. The highest BCUT2D eigenvalue weighted by molar-refractivity contribution is 5.99. The van der Waals surface area contributed by atoms with Gasteiger partial charge in [0.15, 0.2) is 0 Å². The Labute approximate surface area is 266 Å². The van der Waals surface area contributed by atoms with Gasteiger partial charge in [-0.05, 0) is 37.7 Å². The van der Waals surface area contributed by atoms with Gasteiger partial charge in [-0.1, -0.05) is 69.2 Å². The third-order valence-corrected chi connectivity index (χ3v) is 9.52. The van der Waals surface area contributed by atoms with Gasteiger partial charge in [0, 0.05) is 19.5 Å². The van der Waals surface area contributed by atoms with Crippen LogP contribution in [-0.2, 0) is 28.7 Å². The number of benzene rings is 1. The van der Waals surface area contributed by atoms with Crippen molar-refractivity contribution in [3.8, 4) is 0 Å². The van der Waals surface area contributed by atoms with Gasteiger partial charge in [0.1, 0.15) is 18.2 Å². The Morgan fingerprint density at radius 3 is 2.60 bits per heavy atom. The Morgan fingerprint density at radius 2 is 1.96 bits per heavy atom. The Kier molecular flexibility index (Phi) is 12.0. The molecule has 0 saturated carbocycles. The minimum absolute atomic E-state index is 0.0718. The number of amides is 3. The number of aliphatic hydroxyl groups excluding tert-OH is 1. The highest BCUT2D eigenvalue weighted by Gasteiger charge is 2.75. The van der Waals surface area contributed by atoms with Crippen molar-refractivity contribution in [1.29, 1.82) is 0 Å². The first-order valence-electron chi connectivity index (χ1n) is 16.4. The molecule has 0 unspecified atom stereocenters. The van der Waals surface area contributed by atoms with Crippen LogP contribution in [-0.4, -0.2) is 88.7 Å². The number of aliphatic hydroxyl groups is 1. The number of rotatable bonds is 18. The van der Waals surface area contributed by atoms with E-state index < -0.39 is 47.6 Å². The molecular formula is C35H49N3O7. The van der Waals surface area contributed by atoms with Crippen LogP contribution in [0.2, 0.25) is 0 Å². The Morgan fingerprint density at radius 1 is 1.20 bits per heavy atom. The van der Waals surface area contributed by atoms with E-state index in [0.717, 1.165) is 24.8 Å². The summed E-state index contributed by atoms with van der Waals surface area (Å²) in [5, 5.41) is 13.4. The number of hydrogen-bond donors (Lipinski definition) is 2. The van der Waals surface area contributed by atoms with Gasteiger partial charge in [-0.3, -0.25) is 19.2 Å². The van der Waals surface area contributed by atoms with Crippen LogP contribution in [0.3, 0.4) is 0 Å². The second-order valence-electron chi connectivity index (χ2n) is 12.3. The Bertz CT molecular complexity index is 1220. The second kappa shape index (κ2) is 15.7. The summed E-state index contributed by atoms with van der Waals surface area (Å²) >= 11 is 0. The number of unbranched alkanes of at least 4 members (excludes halogenated alkanes) is 2. The lowest BCUT2D eigenvalue weighted by Crippen LogP contribution is -2.58. The normalized spacial score (nSPS) is 26.2. The second-order valence-corrected chi connectivity index (χ2v) is 12.3. The summed E-state index contributed by atoms with van der Waals surface area (Å²) in [6.07, 6.45) is 7.67. The summed E-state index contributed by atoms with van der Waals surface area (Å²) in [5.74, 6) is -3.06. The maximum Gasteiger partial charge on any atom is 0.306 e. The van der Waals surface area contributed by atoms with Crippen LogP contribution >= 0.6 is 0 Å². The fourth-order valence-corrected chi connectivity index (χ4v) is 7.29. The summed E-state index contributed by atoms with van der Waals surface area (Å²) in [6, 6.07) is 7.04. The fraction of sp³-hybridized carbons (Fsp3) is 0.600. The molecule has 246 valence electrons. The van der Waals surface area contributed by atoms with Crippen LogP contribution in [0.5, 0.6) is 0 Å². The third-order valence-electron chi connectivity index (χ3n) is 9.52. The van der Waals surface area contributed by atoms with E-state index in [-0.39, 0.29) is 37.4 Å². The predicted molar refractivity (Wildman–Crippen MR) is 170 cm³/mol. The van der Waals surface area contributed by atoms with Crippen LogP contribution in [0.1, 0.15) is 76.8 Å². The zero-order valence-corrected chi connectivity index (χ0v) is 26.7. The molecule has 45 heavy (non-hydrogen) atoms. The van der Waals surface area contributed by atoms with Gasteiger partial charge in [0.25, 0.3) is 0 Å². The lowest BCUT2D eigenvalue weighted by atomic mass is 9.70. The summed E-state index contributed by atoms with van der Waals surface area (Å²) < 4.78 is 12.1. The minimum atomic E-state index is -1.17. The SMILES string of the molecule is C=CCCC(=O)OC[C@@H](NC(=O)[C@@H]1[C@@H]2CC[C@]3(O2)[C@H](C(=O)N(CC=C)CCCCC)N([C@@H](CC)CO)C(=O)[C@@H]13)c1ccccc1. The predicted octanol–water partition coefficient (Wildman–Crippen LogP) is 3.70. The highest BCUT2D eigenvalue weighted by atomic mass is 16.5. The number of hydrogen-bond acceptors (Lipinski definition) is 7. The molecule has 1 aromatic rings. The van der Waals surface area contributed by atoms with Crippen molar-refractivity contribution in [2.75, 3.05) is 26.3 Å². The molecule has 10 heteroatoms. The van der Waals surface area contributed by atoms with E-state index in [1.54, 1.807) is 17.1 Å². The Balaban J connectivity index is 1.64. The third kappa shape index (κ3) is 7.02. The van der Waals surface area contributed by atoms with Crippen molar-refractivity contribution in [3.05, 3.63) is 61.2 Å². The van der Waals surface area contributed by atoms with E-state index in [2.05, 4.69) is 25.4 Å². The molecule has 10 nitrogen and oxygen atoms in total.